The molecule has 2 aliphatic rings. The molecule has 2 heterocycles. The molecule has 2 aromatic rings. The topological polar surface area (TPSA) is 86.8 Å². The van der Waals surface area contributed by atoms with Crippen molar-refractivity contribution >= 4 is 33.2 Å². The van der Waals surface area contributed by atoms with Crippen LogP contribution in [0.15, 0.2) is 47.4 Å². The van der Waals surface area contributed by atoms with Crippen molar-refractivity contribution < 1.29 is 18.0 Å². The zero-order valence-electron chi connectivity index (χ0n) is 19.2. The third-order valence-corrected chi connectivity index (χ3v) is 8.43. The van der Waals surface area contributed by atoms with E-state index < -0.39 is 15.9 Å². The quantitative estimate of drug-likeness (QED) is 0.725. The Bertz CT molecular complexity index is 1140. The van der Waals surface area contributed by atoms with E-state index in [1.165, 1.54) is 16.8 Å². The summed E-state index contributed by atoms with van der Waals surface area (Å²) in [4.78, 5) is 26.7. The fourth-order valence-corrected chi connectivity index (χ4v) is 6.23. The average Bonchev–Trinajstić information content (AvgIpc) is 2.83. The maximum absolute atomic E-state index is 13.4. The Morgan fingerprint density at radius 2 is 1.82 bits per heavy atom. The van der Waals surface area contributed by atoms with Crippen molar-refractivity contribution in [3.63, 3.8) is 0 Å². The second-order valence-corrected chi connectivity index (χ2v) is 10.7. The molecule has 1 N–H and O–H groups in total. The minimum absolute atomic E-state index is 0.0409. The van der Waals surface area contributed by atoms with E-state index in [1.54, 1.807) is 23.1 Å². The molecule has 0 unspecified atom stereocenters. The third-order valence-electron chi connectivity index (χ3n) is 6.57. The first-order valence-electron chi connectivity index (χ1n) is 11.6. The van der Waals surface area contributed by atoms with Crippen LogP contribution in [0.3, 0.4) is 0 Å². The predicted octanol–water partition coefficient (Wildman–Crippen LogP) is 3.59. The lowest BCUT2D eigenvalue weighted by molar-refractivity contribution is -0.121. The van der Waals surface area contributed by atoms with Crippen LogP contribution in [-0.4, -0.2) is 44.2 Å². The number of hydrogen-bond acceptors (Lipinski definition) is 4. The second-order valence-electron chi connectivity index (χ2n) is 8.81. The number of sulfonamides is 1. The number of carbonyl (C=O) groups is 2. The number of benzene rings is 2. The molecule has 0 radical (unpaired) electrons. The molecule has 2 aromatic carbocycles. The van der Waals surface area contributed by atoms with Crippen LogP contribution in [0.25, 0.3) is 0 Å². The molecule has 2 aliphatic heterocycles. The molecule has 0 aliphatic carbocycles. The molecule has 0 saturated carbocycles. The Hall–Kier alpha value is -2.71. The van der Waals surface area contributed by atoms with Crippen molar-refractivity contribution in [1.82, 2.24) is 4.31 Å². The summed E-state index contributed by atoms with van der Waals surface area (Å²) in [5.41, 5.74) is 3.58. The molecule has 7 nitrogen and oxygen atoms in total. The molecule has 1 saturated heterocycles. The maximum Gasteiger partial charge on any atom is 0.243 e. The van der Waals surface area contributed by atoms with E-state index in [4.69, 9.17) is 0 Å². The fraction of sp³-hybridized carbons (Fsp3) is 0.440. The first-order chi connectivity index (χ1) is 15.8. The van der Waals surface area contributed by atoms with Gasteiger partial charge in [0.15, 0.2) is 0 Å². The van der Waals surface area contributed by atoms with Gasteiger partial charge in [0, 0.05) is 37.9 Å². The Labute approximate surface area is 195 Å². The number of piperidine rings is 1. The Morgan fingerprint density at radius 3 is 2.52 bits per heavy atom. The summed E-state index contributed by atoms with van der Waals surface area (Å²) in [6.45, 7) is 4.81. The van der Waals surface area contributed by atoms with Gasteiger partial charge in [0.05, 0.1) is 10.8 Å². The minimum Gasteiger partial charge on any atom is -0.326 e. The maximum atomic E-state index is 13.4. The predicted molar refractivity (Wildman–Crippen MR) is 129 cm³/mol. The van der Waals surface area contributed by atoms with E-state index in [-0.39, 0.29) is 23.3 Å². The summed E-state index contributed by atoms with van der Waals surface area (Å²) >= 11 is 0. The molecule has 4 rings (SSSR count). The summed E-state index contributed by atoms with van der Waals surface area (Å²) in [5, 5.41) is 2.93. The molecule has 0 spiro atoms. The Balaban J connectivity index is 1.49. The second kappa shape index (κ2) is 9.65. The van der Waals surface area contributed by atoms with Gasteiger partial charge >= 0.3 is 0 Å². The van der Waals surface area contributed by atoms with E-state index in [2.05, 4.69) is 12.2 Å². The average molecular weight is 470 g/mol. The third kappa shape index (κ3) is 4.96. The molecule has 1 atom stereocenters. The summed E-state index contributed by atoms with van der Waals surface area (Å²) < 4.78 is 28.2. The number of rotatable bonds is 5. The van der Waals surface area contributed by atoms with Gasteiger partial charge in [-0.2, -0.15) is 4.31 Å². The van der Waals surface area contributed by atoms with Crippen LogP contribution in [0.1, 0.15) is 44.2 Å². The minimum atomic E-state index is -3.73. The highest BCUT2D eigenvalue weighted by Gasteiger charge is 2.34. The summed E-state index contributed by atoms with van der Waals surface area (Å²) in [6.07, 6.45) is 3.77. The van der Waals surface area contributed by atoms with E-state index in [0.29, 0.717) is 25.9 Å². The first-order valence-corrected chi connectivity index (χ1v) is 13.0. The molecule has 1 fully saturated rings. The number of amides is 2. The number of carbonyl (C=O) groups excluding carboxylic acids is 2. The molecule has 33 heavy (non-hydrogen) atoms. The molecule has 8 heteroatoms. The highest BCUT2D eigenvalue weighted by molar-refractivity contribution is 7.89. The normalized spacial score (nSPS) is 19.1. The van der Waals surface area contributed by atoms with Crippen molar-refractivity contribution in [3.8, 4) is 0 Å². The number of aryl methyl sites for hydroxylation is 2. The summed E-state index contributed by atoms with van der Waals surface area (Å²) in [6, 6.07) is 12.7. The van der Waals surface area contributed by atoms with E-state index in [0.717, 1.165) is 36.2 Å². The van der Waals surface area contributed by atoms with Crippen LogP contribution in [-0.2, 0) is 32.5 Å². The van der Waals surface area contributed by atoms with Gasteiger partial charge in [-0.1, -0.05) is 19.1 Å². The van der Waals surface area contributed by atoms with E-state index in [9.17, 15) is 18.0 Å². The number of nitrogens with zero attached hydrogens (tertiary/aromatic N) is 2. The lowest BCUT2D eigenvalue weighted by atomic mass is 9.98. The standard InChI is InChI=1S/C25H31N3O4S/c1-3-19-8-10-22(11-9-19)26-25(30)21-7-4-14-27(17-21)33(31,32)23-12-13-24-20(16-23)6-5-15-28(24)18(2)29/h8-13,16,21H,3-7,14-15,17H2,1-2H3,(H,26,30)/t21-/m0/s1. The fourth-order valence-electron chi connectivity index (χ4n) is 4.65. The molecule has 176 valence electrons. The SMILES string of the molecule is CCc1ccc(NC(=O)[C@H]2CCCN(S(=O)(=O)c3ccc4c(c3)CCCN4C(C)=O)C2)cc1. The molecular weight excluding hydrogens is 438 g/mol. The zero-order chi connectivity index (χ0) is 23.6. The van der Waals surface area contributed by atoms with Gasteiger partial charge in [-0.15, -0.1) is 0 Å². The van der Waals surface area contributed by atoms with Crippen LogP contribution in [0, 0.1) is 5.92 Å². The lowest BCUT2D eigenvalue weighted by Crippen LogP contribution is -2.43. The molecule has 2 amide bonds. The summed E-state index contributed by atoms with van der Waals surface area (Å²) in [7, 11) is -3.73. The van der Waals surface area contributed by atoms with Crippen molar-refractivity contribution in [2.75, 3.05) is 29.9 Å². The highest BCUT2D eigenvalue weighted by Crippen LogP contribution is 2.32. The molecule has 0 aromatic heterocycles. The van der Waals surface area contributed by atoms with Crippen molar-refractivity contribution in [2.45, 2.75) is 50.8 Å². The van der Waals surface area contributed by atoms with Gasteiger partial charge in [-0.05, 0) is 73.6 Å². The van der Waals surface area contributed by atoms with Crippen LogP contribution < -0.4 is 10.2 Å². The first kappa shape index (κ1) is 23.4. The summed E-state index contributed by atoms with van der Waals surface area (Å²) in [5.74, 6) is -0.590. The molecule has 0 bridgehead atoms. The Kier molecular flexibility index (Phi) is 6.86. The van der Waals surface area contributed by atoms with Crippen LogP contribution in [0.4, 0.5) is 11.4 Å². The van der Waals surface area contributed by atoms with E-state index >= 15 is 0 Å². The smallest absolute Gasteiger partial charge is 0.243 e. The van der Waals surface area contributed by atoms with Gasteiger partial charge in [0.25, 0.3) is 0 Å². The van der Waals surface area contributed by atoms with E-state index in [1.807, 2.05) is 24.3 Å². The lowest BCUT2D eigenvalue weighted by Gasteiger charge is -2.32. The van der Waals surface area contributed by atoms with Gasteiger partial charge in [0.1, 0.15) is 0 Å². The molecular formula is C25H31N3O4S. The Morgan fingerprint density at radius 1 is 1.06 bits per heavy atom. The largest absolute Gasteiger partial charge is 0.326 e. The van der Waals surface area contributed by atoms with Crippen LogP contribution in [0.2, 0.25) is 0 Å². The number of fused-ring (bicyclic) bond motifs is 1. The highest BCUT2D eigenvalue weighted by atomic mass is 32.2. The van der Waals surface area contributed by atoms with Crippen molar-refractivity contribution in [3.05, 3.63) is 53.6 Å². The van der Waals surface area contributed by atoms with Gasteiger partial charge < -0.3 is 10.2 Å². The zero-order valence-corrected chi connectivity index (χ0v) is 20.0. The van der Waals surface area contributed by atoms with Crippen molar-refractivity contribution in [2.24, 2.45) is 5.92 Å². The number of hydrogen-bond donors (Lipinski definition) is 1. The van der Waals surface area contributed by atoms with Crippen LogP contribution >= 0.6 is 0 Å². The monoisotopic (exact) mass is 469 g/mol. The van der Waals surface area contributed by atoms with Gasteiger partial charge in [-0.3, -0.25) is 9.59 Å². The van der Waals surface area contributed by atoms with Crippen LogP contribution in [0.5, 0.6) is 0 Å². The number of nitrogens with one attached hydrogen (secondary N) is 1. The van der Waals surface area contributed by atoms with Crippen molar-refractivity contribution in [1.29, 1.82) is 0 Å². The van der Waals surface area contributed by atoms with Gasteiger partial charge in [-0.25, -0.2) is 8.42 Å². The number of anilines is 2. The van der Waals surface area contributed by atoms with Gasteiger partial charge in [0.2, 0.25) is 21.8 Å².